The third-order valence-corrected chi connectivity index (χ3v) is 3.10. The van der Waals surface area contributed by atoms with Crippen LogP contribution in [0, 0.1) is 13.8 Å². The van der Waals surface area contributed by atoms with E-state index in [9.17, 15) is 0 Å². The van der Waals surface area contributed by atoms with Crippen molar-refractivity contribution in [1.29, 1.82) is 0 Å². The molecule has 0 saturated heterocycles. The molecule has 1 N–H and O–H groups in total. The average molecular weight is 234 g/mol. The van der Waals surface area contributed by atoms with Gasteiger partial charge in [0.1, 0.15) is 0 Å². The molecule has 0 bridgehead atoms. The number of likely N-dealkylation sites (N-methyl/N-ethyl adjacent to an activating group) is 1. The zero-order valence-electron chi connectivity index (χ0n) is 11.9. The van der Waals surface area contributed by atoms with Crippen LogP contribution in [-0.2, 0) is 6.42 Å². The molecule has 0 heterocycles. The third kappa shape index (κ3) is 5.33. The summed E-state index contributed by atoms with van der Waals surface area (Å²) < 4.78 is 0. The molecule has 0 spiro atoms. The molecule has 1 atom stereocenters. The number of hydrogen-bond donors (Lipinski definition) is 1. The topological polar surface area (TPSA) is 15.3 Å². The lowest BCUT2D eigenvalue weighted by atomic mass is 9.99. The molecule has 17 heavy (non-hydrogen) atoms. The molecule has 1 aromatic rings. The summed E-state index contributed by atoms with van der Waals surface area (Å²) in [4.78, 5) is 2.24. The molecular formula is C15H26N2. The van der Waals surface area contributed by atoms with Crippen molar-refractivity contribution in [2.75, 3.05) is 27.7 Å². The van der Waals surface area contributed by atoms with Crippen LogP contribution >= 0.6 is 0 Å². The molecule has 1 unspecified atom stereocenters. The number of aryl methyl sites for hydroxylation is 2. The quantitative estimate of drug-likeness (QED) is 0.813. The van der Waals surface area contributed by atoms with Gasteiger partial charge < -0.3 is 10.2 Å². The standard InChI is InChI=1S/C15H26N2/c1-12-8-13(2)10-14(9-12)11-15(16-3)6-7-17(4)5/h8-10,15-16H,6-7,11H2,1-5H3. The second-order valence-corrected chi connectivity index (χ2v) is 5.28. The van der Waals surface area contributed by atoms with Gasteiger partial charge in [0.2, 0.25) is 0 Å². The summed E-state index contributed by atoms with van der Waals surface area (Å²) in [5.74, 6) is 0. The van der Waals surface area contributed by atoms with Crippen molar-refractivity contribution in [1.82, 2.24) is 10.2 Å². The van der Waals surface area contributed by atoms with Gasteiger partial charge in [-0.25, -0.2) is 0 Å². The largest absolute Gasteiger partial charge is 0.317 e. The van der Waals surface area contributed by atoms with E-state index >= 15 is 0 Å². The number of benzene rings is 1. The summed E-state index contributed by atoms with van der Waals surface area (Å²) in [6.07, 6.45) is 2.31. The van der Waals surface area contributed by atoms with E-state index < -0.39 is 0 Å². The maximum atomic E-state index is 3.42. The first-order chi connectivity index (χ1) is 8.01. The van der Waals surface area contributed by atoms with Crippen molar-refractivity contribution < 1.29 is 0 Å². The first kappa shape index (κ1) is 14.2. The third-order valence-electron chi connectivity index (χ3n) is 3.10. The van der Waals surface area contributed by atoms with E-state index in [1.807, 2.05) is 0 Å². The van der Waals surface area contributed by atoms with Crippen LogP contribution in [0.15, 0.2) is 18.2 Å². The van der Waals surface area contributed by atoms with Crippen molar-refractivity contribution in [3.05, 3.63) is 34.9 Å². The van der Waals surface area contributed by atoms with E-state index in [4.69, 9.17) is 0 Å². The molecule has 0 amide bonds. The summed E-state index contributed by atoms with van der Waals surface area (Å²) in [5, 5.41) is 3.42. The van der Waals surface area contributed by atoms with E-state index in [-0.39, 0.29) is 0 Å². The maximum absolute atomic E-state index is 3.42. The average Bonchev–Trinajstić information content (AvgIpc) is 2.22. The summed E-state index contributed by atoms with van der Waals surface area (Å²) in [6, 6.07) is 7.40. The minimum absolute atomic E-state index is 0.568. The highest BCUT2D eigenvalue weighted by Gasteiger charge is 2.08. The van der Waals surface area contributed by atoms with Crippen LogP contribution in [-0.4, -0.2) is 38.6 Å². The Kier molecular flexibility index (Phi) is 5.66. The lowest BCUT2D eigenvalue weighted by Crippen LogP contribution is -2.31. The van der Waals surface area contributed by atoms with Gasteiger partial charge in [0.05, 0.1) is 0 Å². The fraction of sp³-hybridized carbons (Fsp3) is 0.600. The van der Waals surface area contributed by atoms with Gasteiger partial charge in [-0.1, -0.05) is 29.3 Å². The maximum Gasteiger partial charge on any atom is 0.0117 e. The minimum atomic E-state index is 0.568. The second kappa shape index (κ2) is 6.77. The van der Waals surface area contributed by atoms with Crippen LogP contribution in [0.1, 0.15) is 23.1 Å². The fourth-order valence-corrected chi connectivity index (χ4v) is 2.23. The Morgan fingerprint density at radius 3 is 2.18 bits per heavy atom. The summed E-state index contributed by atoms with van der Waals surface area (Å²) >= 11 is 0. The molecule has 0 aromatic heterocycles. The molecule has 0 fully saturated rings. The molecule has 0 aliphatic rings. The van der Waals surface area contributed by atoms with Crippen LogP contribution in [0.3, 0.4) is 0 Å². The molecule has 0 aliphatic heterocycles. The van der Waals surface area contributed by atoms with Crippen LogP contribution in [0.5, 0.6) is 0 Å². The molecule has 96 valence electrons. The van der Waals surface area contributed by atoms with Crippen molar-refractivity contribution in [2.24, 2.45) is 0 Å². The molecule has 2 heteroatoms. The van der Waals surface area contributed by atoms with Gasteiger partial charge in [0.15, 0.2) is 0 Å². The summed E-state index contributed by atoms with van der Waals surface area (Å²) in [5.41, 5.74) is 4.17. The normalized spacial score (nSPS) is 13.1. The van der Waals surface area contributed by atoms with Crippen LogP contribution in [0.25, 0.3) is 0 Å². The minimum Gasteiger partial charge on any atom is -0.317 e. The van der Waals surface area contributed by atoms with E-state index in [0.717, 1.165) is 13.0 Å². The number of rotatable bonds is 6. The Balaban J connectivity index is 2.60. The molecule has 0 aliphatic carbocycles. The zero-order valence-corrected chi connectivity index (χ0v) is 11.9. The number of nitrogens with zero attached hydrogens (tertiary/aromatic N) is 1. The van der Waals surface area contributed by atoms with Gasteiger partial charge >= 0.3 is 0 Å². The van der Waals surface area contributed by atoms with Gasteiger partial charge in [0, 0.05) is 6.04 Å². The van der Waals surface area contributed by atoms with E-state index in [1.54, 1.807) is 0 Å². The molecule has 1 rings (SSSR count). The van der Waals surface area contributed by atoms with Crippen molar-refractivity contribution in [2.45, 2.75) is 32.7 Å². The van der Waals surface area contributed by atoms with Crippen LogP contribution < -0.4 is 5.32 Å². The van der Waals surface area contributed by atoms with Gasteiger partial charge in [-0.05, 0) is 59.9 Å². The molecule has 1 aromatic carbocycles. The van der Waals surface area contributed by atoms with Crippen molar-refractivity contribution in [3.8, 4) is 0 Å². The summed E-state index contributed by atoms with van der Waals surface area (Å²) in [6.45, 7) is 5.48. The predicted molar refractivity (Wildman–Crippen MR) is 75.6 cm³/mol. The highest BCUT2D eigenvalue weighted by atomic mass is 15.1. The van der Waals surface area contributed by atoms with E-state index in [2.05, 4.69) is 63.4 Å². The lowest BCUT2D eigenvalue weighted by molar-refractivity contribution is 0.364. The molecular weight excluding hydrogens is 208 g/mol. The zero-order chi connectivity index (χ0) is 12.8. The van der Waals surface area contributed by atoms with Gasteiger partial charge in [-0.15, -0.1) is 0 Å². The SMILES string of the molecule is CNC(CCN(C)C)Cc1cc(C)cc(C)c1. The predicted octanol–water partition coefficient (Wildman–Crippen LogP) is 2.39. The Labute approximate surface area is 106 Å². The Morgan fingerprint density at radius 2 is 1.71 bits per heavy atom. The Bertz CT molecular complexity index is 325. The first-order valence-corrected chi connectivity index (χ1v) is 6.40. The Morgan fingerprint density at radius 1 is 1.12 bits per heavy atom. The fourth-order valence-electron chi connectivity index (χ4n) is 2.23. The van der Waals surface area contributed by atoms with Gasteiger partial charge in [-0.2, -0.15) is 0 Å². The first-order valence-electron chi connectivity index (χ1n) is 6.40. The highest BCUT2D eigenvalue weighted by Crippen LogP contribution is 2.12. The van der Waals surface area contributed by atoms with Crippen molar-refractivity contribution >= 4 is 0 Å². The molecule has 0 saturated carbocycles. The van der Waals surface area contributed by atoms with Crippen LogP contribution in [0.4, 0.5) is 0 Å². The molecule has 0 radical (unpaired) electrons. The second-order valence-electron chi connectivity index (χ2n) is 5.28. The van der Waals surface area contributed by atoms with Gasteiger partial charge in [0.25, 0.3) is 0 Å². The highest BCUT2D eigenvalue weighted by molar-refractivity contribution is 5.29. The van der Waals surface area contributed by atoms with Gasteiger partial charge in [-0.3, -0.25) is 0 Å². The molecule has 2 nitrogen and oxygen atoms in total. The number of hydrogen-bond acceptors (Lipinski definition) is 2. The lowest BCUT2D eigenvalue weighted by Gasteiger charge is -2.19. The summed E-state index contributed by atoms with van der Waals surface area (Å²) in [7, 11) is 6.32. The van der Waals surface area contributed by atoms with Crippen LogP contribution in [0.2, 0.25) is 0 Å². The monoisotopic (exact) mass is 234 g/mol. The smallest absolute Gasteiger partial charge is 0.0117 e. The Hall–Kier alpha value is -0.860. The van der Waals surface area contributed by atoms with E-state index in [0.29, 0.717) is 6.04 Å². The van der Waals surface area contributed by atoms with E-state index in [1.165, 1.54) is 23.1 Å². The number of nitrogens with one attached hydrogen (secondary N) is 1. The van der Waals surface area contributed by atoms with Crippen molar-refractivity contribution in [3.63, 3.8) is 0 Å².